The van der Waals surface area contributed by atoms with Crippen LogP contribution < -0.4 is 0 Å². The van der Waals surface area contributed by atoms with Crippen LogP contribution in [0.1, 0.15) is 19.3 Å². The fraction of sp³-hybridized carbons (Fsp3) is 0.750. The van der Waals surface area contributed by atoms with E-state index >= 15 is 0 Å². The number of hydrogen-bond donors (Lipinski definition) is 1. The molecule has 0 saturated heterocycles. The van der Waals surface area contributed by atoms with E-state index < -0.39 is 18.0 Å². The SMILES string of the molecule is COC(=O)CC1C(=O)CCC1O. The molecule has 1 N–H and O–H groups in total. The minimum absolute atomic E-state index is 0.0104. The first-order chi connectivity index (χ1) is 5.65. The molecule has 2 unspecified atom stereocenters. The maximum Gasteiger partial charge on any atom is 0.306 e. The van der Waals surface area contributed by atoms with Crippen molar-refractivity contribution in [2.75, 3.05) is 7.11 Å². The van der Waals surface area contributed by atoms with Crippen molar-refractivity contribution in [1.29, 1.82) is 0 Å². The number of rotatable bonds is 2. The number of carbonyl (C=O) groups excluding carboxylic acids is 2. The largest absolute Gasteiger partial charge is 0.469 e. The summed E-state index contributed by atoms with van der Waals surface area (Å²) >= 11 is 0. The second kappa shape index (κ2) is 3.67. The van der Waals surface area contributed by atoms with Gasteiger partial charge in [-0.3, -0.25) is 9.59 Å². The first-order valence-corrected chi connectivity index (χ1v) is 3.92. The van der Waals surface area contributed by atoms with E-state index in [0.29, 0.717) is 12.8 Å². The van der Waals surface area contributed by atoms with Gasteiger partial charge in [-0.2, -0.15) is 0 Å². The van der Waals surface area contributed by atoms with Crippen LogP contribution in [0, 0.1) is 5.92 Å². The summed E-state index contributed by atoms with van der Waals surface area (Å²) in [6.45, 7) is 0. The molecular weight excluding hydrogens is 160 g/mol. The van der Waals surface area contributed by atoms with Gasteiger partial charge in [-0.25, -0.2) is 0 Å². The van der Waals surface area contributed by atoms with Crippen molar-refractivity contribution in [2.45, 2.75) is 25.4 Å². The summed E-state index contributed by atoms with van der Waals surface area (Å²) in [7, 11) is 1.27. The van der Waals surface area contributed by atoms with Crippen molar-refractivity contribution in [3.8, 4) is 0 Å². The summed E-state index contributed by atoms with van der Waals surface area (Å²) in [5, 5.41) is 9.28. The average molecular weight is 172 g/mol. The van der Waals surface area contributed by atoms with Gasteiger partial charge in [0, 0.05) is 6.42 Å². The van der Waals surface area contributed by atoms with E-state index in [9.17, 15) is 14.7 Å². The summed E-state index contributed by atoms with van der Waals surface area (Å²) in [5.41, 5.74) is 0. The molecule has 0 aromatic heterocycles. The Balaban J connectivity index is 2.50. The molecule has 4 heteroatoms. The first kappa shape index (κ1) is 9.19. The Morgan fingerprint density at radius 1 is 1.75 bits per heavy atom. The van der Waals surface area contributed by atoms with Crippen molar-refractivity contribution >= 4 is 11.8 Å². The first-order valence-electron chi connectivity index (χ1n) is 3.92. The Bertz CT molecular complexity index is 199. The van der Waals surface area contributed by atoms with Crippen molar-refractivity contribution in [3.05, 3.63) is 0 Å². The van der Waals surface area contributed by atoms with E-state index in [1.807, 2.05) is 0 Å². The molecule has 1 rings (SSSR count). The van der Waals surface area contributed by atoms with Gasteiger partial charge in [0.1, 0.15) is 5.78 Å². The maximum absolute atomic E-state index is 11.1. The second-order valence-electron chi connectivity index (χ2n) is 2.96. The molecule has 0 aromatic rings. The maximum atomic E-state index is 11.1. The van der Waals surface area contributed by atoms with Gasteiger partial charge in [0.05, 0.1) is 25.6 Å². The standard InChI is InChI=1S/C8H12O4/c1-12-8(11)4-5-6(9)2-3-7(5)10/h5-6,9H,2-4H2,1H3. The van der Waals surface area contributed by atoms with Gasteiger partial charge >= 0.3 is 5.97 Å². The predicted molar refractivity (Wildman–Crippen MR) is 40.4 cm³/mol. The van der Waals surface area contributed by atoms with E-state index in [4.69, 9.17) is 0 Å². The summed E-state index contributed by atoms with van der Waals surface area (Å²) in [6, 6.07) is 0. The van der Waals surface area contributed by atoms with Gasteiger partial charge in [0.25, 0.3) is 0 Å². The van der Waals surface area contributed by atoms with Crippen molar-refractivity contribution < 1.29 is 19.4 Å². The molecule has 68 valence electrons. The zero-order chi connectivity index (χ0) is 9.14. The highest BCUT2D eigenvalue weighted by Gasteiger charge is 2.34. The van der Waals surface area contributed by atoms with Gasteiger partial charge in [0.15, 0.2) is 0 Å². The molecule has 1 saturated carbocycles. The monoisotopic (exact) mass is 172 g/mol. The van der Waals surface area contributed by atoms with Gasteiger partial charge in [0.2, 0.25) is 0 Å². The number of methoxy groups -OCH3 is 1. The number of aliphatic hydroxyl groups excluding tert-OH is 1. The lowest BCUT2D eigenvalue weighted by Crippen LogP contribution is -2.22. The van der Waals surface area contributed by atoms with E-state index in [0.717, 1.165) is 0 Å². The van der Waals surface area contributed by atoms with Crippen LogP contribution in [0.15, 0.2) is 0 Å². The highest BCUT2D eigenvalue weighted by molar-refractivity contribution is 5.87. The molecule has 2 atom stereocenters. The Labute approximate surface area is 70.5 Å². The number of ether oxygens (including phenoxy) is 1. The van der Waals surface area contributed by atoms with Gasteiger partial charge in [-0.05, 0) is 6.42 Å². The smallest absolute Gasteiger partial charge is 0.306 e. The van der Waals surface area contributed by atoms with E-state index in [-0.39, 0.29) is 12.2 Å². The number of aliphatic hydroxyl groups is 1. The lowest BCUT2D eigenvalue weighted by molar-refractivity contribution is -0.144. The van der Waals surface area contributed by atoms with Crippen LogP contribution in [0.3, 0.4) is 0 Å². The average Bonchev–Trinajstić information content (AvgIpc) is 2.35. The molecule has 1 aliphatic carbocycles. The third kappa shape index (κ3) is 1.82. The van der Waals surface area contributed by atoms with Crippen LogP contribution in [0.4, 0.5) is 0 Å². The molecule has 1 fully saturated rings. The summed E-state index contributed by atoms with van der Waals surface area (Å²) < 4.78 is 4.41. The van der Waals surface area contributed by atoms with Crippen LogP contribution in [0.2, 0.25) is 0 Å². The van der Waals surface area contributed by atoms with Gasteiger partial charge in [-0.1, -0.05) is 0 Å². The number of hydrogen-bond acceptors (Lipinski definition) is 4. The molecule has 0 radical (unpaired) electrons. The molecule has 1 aliphatic rings. The van der Waals surface area contributed by atoms with E-state index in [2.05, 4.69) is 4.74 Å². The van der Waals surface area contributed by atoms with Crippen molar-refractivity contribution in [2.24, 2.45) is 5.92 Å². The van der Waals surface area contributed by atoms with E-state index in [1.165, 1.54) is 7.11 Å². The molecule has 0 aromatic carbocycles. The molecule has 0 bridgehead atoms. The van der Waals surface area contributed by atoms with E-state index in [1.54, 1.807) is 0 Å². The Kier molecular flexibility index (Phi) is 2.81. The zero-order valence-electron chi connectivity index (χ0n) is 6.95. The topological polar surface area (TPSA) is 63.6 Å². The fourth-order valence-corrected chi connectivity index (χ4v) is 1.40. The minimum Gasteiger partial charge on any atom is -0.469 e. The highest BCUT2D eigenvalue weighted by atomic mass is 16.5. The fourth-order valence-electron chi connectivity index (χ4n) is 1.40. The summed E-state index contributed by atoms with van der Waals surface area (Å²) in [4.78, 5) is 21.8. The lowest BCUT2D eigenvalue weighted by atomic mass is 10.0. The lowest BCUT2D eigenvalue weighted by Gasteiger charge is -2.10. The Morgan fingerprint density at radius 2 is 2.42 bits per heavy atom. The van der Waals surface area contributed by atoms with Crippen LogP contribution in [-0.4, -0.2) is 30.1 Å². The van der Waals surface area contributed by atoms with Crippen LogP contribution in [0.25, 0.3) is 0 Å². The van der Waals surface area contributed by atoms with Crippen LogP contribution in [-0.2, 0) is 14.3 Å². The Morgan fingerprint density at radius 3 is 2.83 bits per heavy atom. The molecular formula is C8H12O4. The quantitative estimate of drug-likeness (QED) is 0.590. The van der Waals surface area contributed by atoms with Gasteiger partial charge in [-0.15, -0.1) is 0 Å². The molecule has 0 spiro atoms. The third-order valence-electron chi connectivity index (χ3n) is 2.18. The van der Waals surface area contributed by atoms with Crippen molar-refractivity contribution in [3.63, 3.8) is 0 Å². The summed E-state index contributed by atoms with van der Waals surface area (Å²) in [5.74, 6) is -1.00. The van der Waals surface area contributed by atoms with Crippen LogP contribution >= 0.6 is 0 Å². The third-order valence-corrected chi connectivity index (χ3v) is 2.18. The molecule has 0 aliphatic heterocycles. The molecule has 12 heavy (non-hydrogen) atoms. The van der Waals surface area contributed by atoms with Crippen molar-refractivity contribution in [1.82, 2.24) is 0 Å². The summed E-state index contributed by atoms with van der Waals surface area (Å²) in [6.07, 6.45) is 0.205. The molecule has 0 heterocycles. The van der Waals surface area contributed by atoms with Crippen LogP contribution in [0.5, 0.6) is 0 Å². The van der Waals surface area contributed by atoms with Gasteiger partial charge < -0.3 is 9.84 Å². The predicted octanol–water partition coefficient (Wildman–Crippen LogP) is -0.111. The molecule has 4 nitrogen and oxygen atoms in total. The molecule has 0 amide bonds. The number of carbonyl (C=O) groups is 2. The number of esters is 1. The number of ketones is 1. The normalized spacial score (nSPS) is 29.0. The Hall–Kier alpha value is -0.900. The minimum atomic E-state index is -0.656. The highest BCUT2D eigenvalue weighted by Crippen LogP contribution is 2.25. The second-order valence-corrected chi connectivity index (χ2v) is 2.96. The zero-order valence-corrected chi connectivity index (χ0v) is 6.95. The number of Topliss-reactive ketones (excluding diaryl/α,β-unsaturated/α-hetero) is 1.